The minimum Gasteiger partial charge on any atom is -0.491 e. The van der Waals surface area contributed by atoms with E-state index in [4.69, 9.17) is 9.15 Å². The second kappa shape index (κ2) is 6.51. The number of rotatable bonds is 6. The van der Waals surface area contributed by atoms with Gasteiger partial charge in [-0.25, -0.2) is 0 Å². The van der Waals surface area contributed by atoms with Crippen LogP contribution in [0.4, 0.5) is 5.69 Å². The normalized spacial score (nSPS) is 12.2. The second-order valence-electron chi connectivity index (χ2n) is 5.16. The summed E-state index contributed by atoms with van der Waals surface area (Å²) in [5, 5.41) is 3.46. The molecule has 0 aliphatic carbocycles. The number of benzene rings is 1. The minimum absolute atomic E-state index is 0.107. The maximum atomic E-state index is 5.82. The molecule has 2 aromatic rings. The Morgan fingerprint density at radius 3 is 2.65 bits per heavy atom. The largest absolute Gasteiger partial charge is 0.491 e. The van der Waals surface area contributed by atoms with Crippen molar-refractivity contribution in [1.82, 2.24) is 0 Å². The molecule has 1 atom stereocenters. The van der Waals surface area contributed by atoms with Gasteiger partial charge >= 0.3 is 0 Å². The Hall–Kier alpha value is -1.90. The monoisotopic (exact) mass is 273 g/mol. The predicted octanol–water partition coefficient (Wildman–Crippen LogP) is 4.86. The van der Waals surface area contributed by atoms with Gasteiger partial charge in [0.05, 0.1) is 18.3 Å². The lowest BCUT2D eigenvalue weighted by Crippen LogP contribution is -2.08. The van der Waals surface area contributed by atoms with Gasteiger partial charge in [0, 0.05) is 0 Å². The summed E-state index contributed by atoms with van der Waals surface area (Å²) in [6, 6.07) is 10.3. The molecule has 0 aliphatic heterocycles. The molecule has 0 spiro atoms. The van der Waals surface area contributed by atoms with E-state index in [1.54, 1.807) is 0 Å². The molecule has 1 aromatic heterocycles. The van der Waals surface area contributed by atoms with Gasteiger partial charge in [-0.15, -0.1) is 0 Å². The Morgan fingerprint density at radius 2 is 2.00 bits per heavy atom. The van der Waals surface area contributed by atoms with E-state index in [0.717, 1.165) is 36.0 Å². The van der Waals surface area contributed by atoms with Crippen molar-refractivity contribution in [2.75, 3.05) is 11.9 Å². The lowest BCUT2D eigenvalue weighted by Gasteiger charge is -2.17. The summed E-state index contributed by atoms with van der Waals surface area (Å²) in [7, 11) is 0. The van der Waals surface area contributed by atoms with Crippen molar-refractivity contribution in [2.24, 2.45) is 0 Å². The van der Waals surface area contributed by atoms with Gasteiger partial charge in [0.15, 0.2) is 0 Å². The fraction of sp³-hybridized carbons (Fsp3) is 0.412. The van der Waals surface area contributed by atoms with E-state index < -0.39 is 0 Å². The highest BCUT2D eigenvalue weighted by Crippen LogP contribution is 2.30. The molecule has 1 aromatic carbocycles. The molecule has 0 bridgehead atoms. The SMILES string of the molecule is CCCOc1cc(C)ccc1NC(C)c1ccc(C)o1. The highest BCUT2D eigenvalue weighted by Gasteiger charge is 2.12. The van der Waals surface area contributed by atoms with Gasteiger partial charge in [0.2, 0.25) is 0 Å². The van der Waals surface area contributed by atoms with E-state index in [9.17, 15) is 0 Å². The summed E-state index contributed by atoms with van der Waals surface area (Å²) >= 11 is 0. The Morgan fingerprint density at radius 1 is 1.20 bits per heavy atom. The van der Waals surface area contributed by atoms with E-state index in [-0.39, 0.29) is 6.04 Å². The van der Waals surface area contributed by atoms with Crippen LogP contribution in [0.15, 0.2) is 34.7 Å². The maximum absolute atomic E-state index is 5.82. The lowest BCUT2D eigenvalue weighted by atomic mass is 10.2. The van der Waals surface area contributed by atoms with E-state index in [1.165, 1.54) is 5.56 Å². The van der Waals surface area contributed by atoms with Gasteiger partial charge in [-0.2, -0.15) is 0 Å². The van der Waals surface area contributed by atoms with Crippen LogP contribution in [0.25, 0.3) is 0 Å². The van der Waals surface area contributed by atoms with Crippen molar-refractivity contribution in [3.05, 3.63) is 47.4 Å². The summed E-state index contributed by atoms with van der Waals surface area (Å²) < 4.78 is 11.5. The van der Waals surface area contributed by atoms with Crippen LogP contribution >= 0.6 is 0 Å². The van der Waals surface area contributed by atoms with Crippen LogP contribution in [0.2, 0.25) is 0 Å². The third-order valence-corrected chi connectivity index (χ3v) is 3.16. The standard InChI is InChI=1S/C17H23NO2/c1-5-10-19-17-11-12(2)6-8-15(17)18-14(4)16-9-7-13(3)20-16/h6-9,11,14,18H,5,10H2,1-4H3. The first-order chi connectivity index (χ1) is 9.60. The van der Waals surface area contributed by atoms with Gasteiger partial charge in [0.1, 0.15) is 17.3 Å². The zero-order chi connectivity index (χ0) is 14.5. The number of aryl methyl sites for hydroxylation is 2. The van der Waals surface area contributed by atoms with E-state index in [2.05, 4.69) is 44.3 Å². The van der Waals surface area contributed by atoms with Gasteiger partial charge < -0.3 is 14.5 Å². The van der Waals surface area contributed by atoms with Gasteiger partial charge in [-0.05, 0) is 57.0 Å². The van der Waals surface area contributed by atoms with Crippen LogP contribution < -0.4 is 10.1 Å². The van der Waals surface area contributed by atoms with E-state index in [1.807, 2.05) is 19.1 Å². The molecule has 0 saturated carbocycles. The van der Waals surface area contributed by atoms with Gasteiger partial charge in [-0.3, -0.25) is 0 Å². The smallest absolute Gasteiger partial charge is 0.142 e. The van der Waals surface area contributed by atoms with Crippen LogP contribution in [0.3, 0.4) is 0 Å². The van der Waals surface area contributed by atoms with Crippen molar-refractivity contribution >= 4 is 5.69 Å². The third-order valence-electron chi connectivity index (χ3n) is 3.16. The van der Waals surface area contributed by atoms with Gasteiger partial charge in [0.25, 0.3) is 0 Å². The van der Waals surface area contributed by atoms with Gasteiger partial charge in [-0.1, -0.05) is 13.0 Å². The topological polar surface area (TPSA) is 34.4 Å². The van der Waals surface area contributed by atoms with Crippen molar-refractivity contribution in [3.8, 4) is 5.75 Å². The van der Waals surface area contributed by atoms with Crippen LogP contribution in [0, 0.1) is 13.8 Å². The van der Waals surface area contributed by atoms with E-state index >= 15 is 0 Å². The van der Waals surface area contributed by atoms with Crippen molar-refractivity contribution in [3.63, 3.8) is 0 Å². The number of hydrogen-bond acceptors (Lipinski definition) is 3. The summed E-state index contributed by atoms with van der Waals surface area (Å²) in [5.74, 6) is 2.77. The Labute approximate surface area is 121 Å². The molecule has 0 radical (unpaired) electrons. The molecule has 1 N–H and O–H groups in total. The number of furan rings is 1. The molecule has 1 heterocycles. The zero-order valence-corrected chi connectivity index (χ0v) is 12.7. The summed E-state index contributed by atoms with van der Waals surface area (Å²) in [5.41, 5.74) is 2.20. The third kappa shape index (κ3) is 3.56. The van der Waals surface area contributed by atoms with Crippen LogP contribution in [-0.2, 0) is 0 Å². The number of ether oxygens (including phenoxy) is 1. The fourth-order valence-corrected chi connectivity index (χ4v) is 2.07. The minimum atomic E-state index is 0.107. The van der Waals surface area contributed by atoms with Crippen LogP contribution in [0.5, 0.6) is 5.75 Å². The molecule has 0 fully saturated rings. The van der Waals surface area contributed by atoms with Crippen LogP contribution in [-0.4, -0.2) is 6.61 Å². The second-order valence-corrected chi connectivity index (χ2v) is 5.16. The average molecular weight is 273 g/mol. The average Bonchev–Trinajstić information content (AvgIpc) is 2.85. The van der Waals surface area contributed by atoms with Crippen molar-refractivity contribution in [2.45, 2.75) is 40.2 Å². The van der Waals surface area contributed by atoms with Crippen LogP contribution in [0.1, 0.15) is 43.4 Å². The summed E-state index contributed by atoms with van der Waals surface area (Å²) in [6.07, 6.45) is 1.00. The quantitative estimate of drug-likeness (QED) is 0.816. The highest BCUT2D eigenvalue weighted by molar-refractivity contribution is 5.58. The molecule has 0 aliphatic rings. The molecule has 0 amide bonds. The molecular formula is C17H23NO2. The highest BCUT2D eigenvalue weighted by atomic mass is 16.5. The van der Waals surface area contributed by atoms with Crippen molar-refractivity contribution < 1.29 is 9.15 Å². The number of anilines is 1. The molecule has 3 nitrogen and oxygen atoms in total. The Bertz CT molecular complexity index is 560. The lowest BCUT2D eigenvalue weighted by molar-refractivity contribution is 0.318. The number of hydrogen-bond donors (Lipinski definition) is 1. The maximum Gasteiger partial charge on any atom is 0.142 e. The first kappa shape index (κ1) is 14.5. The molecule has 1 unspecified atom stereocenters. The summed E-state index contributed by atoms with van der Waals surface area (Å²) in [4.78, 5) is 0. The molecule has 2 rings (SSSR count). The zero-order valence-electron chi connectivity index (χ0n) is 12.7. The molecule has 0 saturated heterocycles. The predicted molar refractivity (Wildman–Crippen MR) is 82.4 cm³/mol. The van der Waals surface area contributed by atoms with Crippen molar-refractivity contribution in [1.29, 1.82) is 0 Å². The van der Waals surface area contributed by atoms with E-state index in [0.29, 0.717) is 0 Å². The summed E-state index contributed by atoms with van der Waals surface area (Å²) in [6.45, 7) is 8.95. The molecule has 3 heteroatoms. The first-order valence-electron chi connectivity index (χ1n) is 7.16. The Kier molecular flexibility index (Phi) is 4.72. The Balaban J connectivity index is 2.15. The molecular weight excluding hydrogens is 250 g/mol. The number of nitrogens with one attached hydrogen (secondary N) is 1. The fourth-order valence-electron chi connectivity index (χ4n) is 2.07. The first-order valence-corrected chi connectivity index (χ1v) is 7.16. The molecule has 20 heavy (non-hydrogen) atoms. The molecule has 108 valence electrons.